The van der Waals surface area contributed by atoms with E-state index < -0.39 is 20.6 Å². The van der Waals surface area contributed by atoms with Crippen molar-refractivity contribution in [3.63, 3.8) is 0 Å². The number of hydrogen-bond donors (Lipinski definition) is 0. The zero-order valence-corrected chi connectivity index (χ0v) is 12.0. The fourth-order valence-electron chi connectivity index (χ4n) is 2.10. The molecule has 104 valence electrons. The number of hydrogen-bond acceptors (Lipinski definition) is 4. The Morgan fingerprint density at radius 3 is 2.06 bits per heavy atom. The van der Waals surface area contributed by atoms with Crippen LogP contribution >= 0.6 is 0 Å². The second-order valence-electron chi connectivity index (χ2n) is 5.85. The monoisotopic (exact) mass is 275 g/mol. The molecule has 0 N–H and O–H groups in total. The third-order valence-corrected chi connectivity index (χ3v) is 5.47. The highest BCUT2D eigenvalue weighted by molar-refractivity contribution is 7.91. The normalized spacial score (nSPS) is 24.5. The van der Waals surface area contributed by atoms with E-state index in [0.29, 0.717) is 38.9 Å². The summed E-state index contributed by atoms with van der Waals surface area (Å²) in [6, 6.07) is 0. The van der Waals surface area contributed by atoms with Gasteiger partial charge in [-0.1, -0.05) is 0 Å². The molecule has 0 amide bonds. The van der Waals surface area contributed by atoms with Gasteiger partial charge in [-0.3, -0.25) is 0 Å². The molecule has 0 unspecified atom stereocenters. The molecule has 18 heavy (non-hydrogen) atoms. The summed E-state index contributed by atoms with van der Waals surface area (Å²) < 4.78 is 38.3. The minimum Gasteiger partial charge on any atom is -0.348 e. The maximum atomic E-state index is 12.0. The fraction of sp³-hybridized carbons (Fsp3) is 0.917. The molecule has 0 aromatic carbocycles. The van der Waals surface area contributed by atoms with E-state index in [-0.39, 0.29) is 0 Å². The smallest absolute Gasteiger partial charge is 0.257 e. The van der Waals surface area contributed by atoms with E-state index in [0.717, 1.165) is 5.71 Å². The van der Waals surface area contributed by atoms with Crippen molar-refractivity contribution in [2.75, 3.05) is 13.2 Å². The van der Waals surface area contributed by atoms with Gasteiger partial charge < -0.3 is 9.47 Å². The highest BCUT2D eigenvalue weighted by Gasteiger charge is 2.40. The molecule has 2 fully saturated rings. The predicted octanol–water partition coefficient (Wildman–Crippen LogP) is 1.87. The molecule has 0 aromatic heterocycles. The molecule has 0 radical (unpaired) electrons. The molecular formula is C12H21NO4S. The van der Waals surface area contributed by atoms with Gasteiger partial charge in [0.1, 0.15) is 0 Å². The molecule has 0 bridgehead atoms. The second-order valence-corrected chi connectivity index (χ2v) is 8.21. The van der Waals surface area contributed by atoms with Crippen LogP contribution in [0.15, 0.2) is 4.40 Å². The van der Waals surface area contributed by atoms with Crippen molar-refractivity contribution in [2.24, 2.45) is 4.40 Å². The van der Waals surface area contributed by atoms with Crippen LogP contribution in [0.25, 0.3) is 0 Å². The lowest BCUT2D eigenvalue weighted by atomic mass is 9.93. The summed E-state index contributed by atoms with van der Waals surface area (Å²) in [6.45, 7) is 6.26. The van der Waals surface area contributed by atoms with E-state index in [4.69, 9.17) is 9.47 Å². The summed E-state index contributed by atoms with van der Waals surface area (Å²) in [6.07, 6.45) is 2.67. The van der Waals surface area contributed by atoms with E-state index >= 15 is 0 Å². The van der Waals surface area contributed by atoms with E-state index in [9.17, 15) is 8.42 Å². The SMILES string of the molecule is CC(C)(C)S(=O)(=O)N=C1CCC2(CC1)OCCO2. The average Bonchev–Trinajstić information content (AvgIpc) is 2.69. The summed E-state index contributed by atoms with van der Waals surface area (Å²) in [4.78, 5) is 0. The predicted molar refractivity (Wildman–Crippen MR) is 69.2 cm³/mol. The first-order valence-electron chi connectivity index (χ1n) is 6.34. The molecular weight excluding hydrogens is 254 g/mol. The average molecular weight is 275 g/mol. The van der Waals surface area contributed by atoms with E-state index in [2.05, 4.69) is 4.40 Å². The highest BCUT2D eigenvalue weighted by atomic mass is 32.2. The Bertz CT molecular complexity index is 429. The van der Waals surface area contributed by atoms with Crippen LogP contribution in [0.5, 0.6) is 0 Å². The van der Waals surface area contributed by atoms with Crippen LogP contribution in [-0.4, -0.2) is 37.9 Å². The Labute approximate surface area is 109 Å². The Balaban J connectivity index is 2.06. The summed E-state index contributed by atoms with van der Waals surface area (Å²) >= 11 is 0. The Kier molecular flexibility index (Phi) is 3.55. The molecule has 0 atom stereocenters. The number of nitrogens with zero attached hydrogens (tertiary/aromatic N) is 1. The first-order chi connectivity index (χ1) is 8.24. The minimum atomic E-state index is -3.43. The van der Waals surface area contributed by atoms with Crippen molar-refractivity contribution >= 4 is 15.7 Å². The first-order valence-corrected chi connectivity index (χ1v) is 7.78. The molecule has 1 spiro atoms. The van der Waals surface area contributed by atoms with Gasteiger partial charge in [0.25, 0.3) is 10.0 Å². The van der Waals surface area contributed by atoms with Crippen LogP contribution in [0, 0.1) is 0 Å². The van der Waals surface area contributed by atoms with Gasteiger partial charge in [0.2, 0.25) is 0 Å². The largest absolute Gasteiger partial charge is 0.348 e. The summed E-state index contributed by atoms with van der Waals surface area (Å²) in [7, 11) is -3.43. The zero-order valence-electron chi connectivity index (χ0n) is 11.2. The van der Waals surface area contributed by atoms with Crippen molar-refractivity contribution < 1.29 is 17.9 Å². The van der Waals surface area contributed by atoms with Gasteiger partial charge in [-0.25, -0.2) is 8.42 Å². The van der Waals surface area contributed by atoms with Crippen molar-refractivity contribution in [3.8, 4) is 0 Å². The molecule has 1 aliphatic heterocycles. The lowest BCUT2D eigenvalue weighted by molar-refractivity contribution is -0.167. The number of sulfonamides is 1. The summed E-state index contributed by atoms with van der Waals surface area (Å²) in [5.41, 5.74) is 0.745. The van der Waals surface area contributed by atoms with Gasteiger partial charge in [0, 0.05) is 18.6 Å². The Morgan fingerprint density at radius 1 is 1.11 bits per heavy atom. The maximum absolute atomic E-state index is 12.0. The third-order valence-electron chi connectivity index (χ3n) is 3.43. The second kappa shape index (κ2) is 4.58. The van der Waals surface area contributed by atoms with Crippen molar-refractivity contribution in [3.05, 3.63) is 0 Å². The fourth-order valence-corrected chi connectivity index (χ4v) is 2.90. The van der Waals surface area contributed by atoms with Gasteiger partial charge in [-0.15, -0.1) is 0 Å². The third kappa shape index (κ3) is 2.75. The topological polar surface area (TPSA) is 65.0 Å². The van der Waals surface area contributed by atoms with Crippen molar-refractivity contribution in [1.82, 2.24) is 0 Å². The van der Waals surface area contributed by atoms with E-state index in [1.54, 1.807) is 20.8 Å². The summed E-state index contributed by atoms with van der Waals surface area (Å²) in [5.74, 6) is -0.468. The molecule has 5 nitrogen and oxygen atoms in total. The van der Waals surface area contributed by atoms with E-state index in [1.807, 2.05) is 0 Å². The number of ether oxygens (including phenoxy) is 2. The molecule has 6 heteroatoms. The van der Waals surface area contributed by atoms with Crippen LogP contribution in [0.4, 0.5) is 0 Å². The lowest BCUT2D eigenvalue weighted by Crippen LogP contribution is -2.36. The quantitative estimate of drug-likeness (QED) is 0.733. The maximum Gasteiger partial charge on any atom is 0.257 e. The van der Waals surface area contributed by atoms with Crippen LogP contribution in [0.2, 0.25) is 0 Å². The van der Waals surface area contributed by atoms with E-state index in [1.165, 1.54) is 0 Å². The first kappa shape index (κ1) is 14.0. The highest BCUT2D eigenvalue weighted by Crippen LogP contribution is 2.35. The molecule has 1 heterocycles. The van der Waals surface area contributed by atoms with Crippen LogP contribution in [0.3, 0.4) is 0 Å². The molecule has 0 aromatic rings. The molecule has 1 saturated heterocycles. The van der Waals surface area contributed by atoms with Gasteiger partial charge in [0.05, 0.1) is 18.0 Å². The van der Waals surface area contributed by atoms with Crippen molar-refractivity contribution in [1.29, 1.82) is 0 Å². The Morgan fingerprint density at radius 2 is 1.61 bits per heavy atom. The minimum absolute atomic E-state index is 0.468. The van der Waals surface area contributed by atoms with Gasteiger partial charge in [-0.2, -0.15) is 4.40 Å². The van der Waals surface area contributed by atoms with Gasteiger partial charge in [0.15, 0.2) is 5.79 Å². The van der Waals surface area contributed by atoms with Crippen molar-refractivity contribution in [2.45, 2.75) is 57.0 Å². The molecule has 2 rings (SSSR count). The molecule has 1 aliphatic carbocycles. The molecule has 1 saturated carbocycles. The zero-order chi connectivity index (χ0) is 13.4. The van der Waals surface area contributed by atoms with Crippen LogP contribution in [-0.2, 0) is 19.5 Å². The van der Waals surface area contributed by atoms with Crippen LogP contribution < -0.4 is 0 Å². The number of rotatable bonds is 1. The van der Waals surface area contributed by atoms with Crippen LogP contribution in [0.1, 0.15) is 46.5 Å². The lowest BCUT2D eigenvalue weighted by Gasteiger charge is -2.32. The molecule has 2 aliphatic rings. The Hall–Kier alpha value is -0.460. The van der Waals surface area contributed by atoms with Gasteiger partial charge >= 0.3 is 0 Å². The summed E-state index contributed by atoms with van der Waals surface area (Å²) in [5, 5.41) is 0. The van der Waals surface area contributed by atoms with Gasteiger partial charge in [-0.05, 0) is 33.6 Å². The standard InChI is InChI=1S/C12H21NO4S/c1-11(2,3)18(14,15)13-10-4-6-12(7-5-10)16-8-9-17-12/h4-9H2,1-3H3.